The lowest BCUT2D eigenvalue weighted by Gasteiger charge is -2.35. The number of guanidine groups is 1. The molecule has 1 unspecified atom stereocenters. The number of aryl methyl sites for hydroxylation is 1. The summed E-state index contributed by atoms with van der Waals surface area (Å²) in [6.45, 7) is 9.24. The van der Waals surface area contributed by atoms with E-state index in [0.29, 0.717) is 13.1 Å². The van der Waals surface area contributed by atoms with E-state index in [2.05, 4.69) is 25.5 Å². The van der Waals surface area contributed by atoms with Crippen LogP contribution in [0.5, 0.6) is 0 Å². The zero-order valence-electron chi connectivity index (χ0n) is 16.4. The van der Waals surface area contributed by atoms with Crippen molar-refractivity contribution in [2.75, 3.05) is 39.4 Å². The number of hydrogen-bond acceptors (Lipinski definition) is 5. The zero-order chi connectivity index (χ0) is 19.8. The molecular formula is C20H28FN5OS. The Balaban J connectivity index is 1.69. The van der Waals surface area contributed by atoms with Crippen molar-refractivity contribution in [1.82, 2.24) is 20.5 Å². The fourth-order valence-corrected chi connectivity index (χ4v) is 3.90. The highest BCUT2D eigenvalue weighted by Gasteiger charge is 2.23. The Hall–Kier alpha value is -2.03. The summed E-state index contributed by atoms with van der Waals surface area (Å²) in [6.07, 6.45) is 1.87. The monoisotopic (exact) mass is 405 g/mol. The van der Waals surface area contributed by atoms with Gasteiger partial charge in [-0.05, 0) is 31.5 Å². The van der Waals surface area contributed by atoms with E-state index in [1.165, 1.54) is 17.0 Å². The zero-order valence-corrected chi connectivity index (χ0v) is 17.3. The third-order valence-electron chi connectivity index (χ3n) is 4.59. The number of ether oxygens (including phenoxy) is 1. The molecule has 0 bridgehead atoms. The van der Waals surface area contributed by atoms with Crippen LogP contribution in [0.15, 0.2) is 35.5 Å². The van der Waals surface area contributed by atoms with Crippen molar-refractivity contribution in [2.24, 2.45) is 4.99 Å². The van der Waals surface area contributed by atoms with E-state index in [1.807, 2.05) is 32.2 Å². The number of benzene rings is 1. The van der Waals surface area contributed by atoms with Gasteiger partial charge in [-0.1, -0.05) is 12.1 Å². The summed E-state index contributed by atoms with van der Waals surface area (Å²) >= 11 is 1.66. The Labute approximate surface area is 169 Å². The van der Waals surface area contributed by atoms with E-state index in [0.717, 1.165) is 49.4 Å². The van der Waals surface area contributed by atoms with Crippen LogP contribution in [0.2, 0.25) is 0 Å². The van der Waals surface area contributed by atoms with Gasteiger partial charge in [-0.3, -0.25) is 4.90 Å². The number of nitrogens with one attached hydrogen (secondary N) is 2. The maximum Gasteiger partial charge on any atom is 0.191 e. The Kier molecular flexibility index (Phi) is 7.76. The third-order valence-corrected chi connectivity index (χ3v) is 5.49. The fourth-order valence-electron chi connectivity index (χ4n) is 3.19. The lowest BCUT2D eigenvalue weighted by Crippen LogP contribution is -2.46. The molecule has 1 saturated heterocycles. The van der Waals surface area contributed by atoms with Crippen LogP contribution in [0.3, 0.4) is 0 Å². The molecule has 2 N–H and O–H groups in total. The van der Waals surface area contributed by atoms with Crippen LogP contribution in [-0.2, 0) is 11.3 Å². The summed E-state index contributed by atoms with van der Waals surface area (Å²) in [5.41, 5.74) is 1.09. The Morgan fingerprint density at radius 3 is 2.68 bits per heavy atom. The highest BCUT2D eigenvalue weighted by atomic mass is 32.1. The summed E-state index contributed by atoms with van der Waals surface area (Å²) in [5, 5.41) is 7.74. The van der Waals surface area contributed by atoms with Gasteiger partial charge in [0.2, 0.25) is 0 Å². The number of thiazole rings is 1. The first-order valence-corrected chi connectivity index (χ1v) is 10.5. The molecule has 1 aliphatic rings. The van der Waals surface area contributed by atoms with Crippen LogP contribution in [0.1, 0.15) is 28.4 Å². The molecule has 152 valence electrons. The quantitative estimate of drug-likeness (QED) is 0.548. The summed E-state index contributed by atoms with van der Waals surface area (Å²) in [6, 6.07) is 6.88. The van der Waals surface area contributed by atoms with Crippen LogP contribution in [-0.4, -0.2) is 55.2 Å². The maximum absolute atomic E-state index is 13.4. The highest BCUT2D eigenvalue weighted by molar-refractivity contribution is 7.11. The van der Waals surface area contributed by atoms with Crippen molar-refractivity contribution in [2.45, 2.75) is 26.4 Å². The van der Waals surface area contributed by atoms with Crippen molar-refractivity contribution < 1.29 is 9.13 Å². The van der Waals surface area contributed by atoms with Gasteiger partial charge in [0.15, 0.2) is 5.96 Å². The number of halogens is 1. The smallest absolute Gasteiger partial charge is 0.191 e. The van der Waals surface area contributed by atoms with Crippen molar-refractivity contribution in [3.8, 4) is 0 Å². The SMILES string of the molecule is CCNC(=NCc1ncc(C)s1)NCC(c1ccc(F)cc1)N1CCOCC1. The molecule has 1 aliphatic heterocycles. The average Bonchev–Trinajstić information content (AvgIpc) is 3.13. The Morgan fingerprint density at radius 2 is 2.04 bits per heavy atom. The van der Waals surface area contributed by atoms with E-state index >= 15 is 0 Å². The summed E-state index contributed by atoms with van der Waals surface area (Å²) in [5.74, 6) is 0.543. The number of rotatable bonds is 7. The predicted molar refractivity (Wildman–Crippen MR) is 111 cm³/mol. The number of nitrogens with zero attached hydrogens (tertiary/aromatic N) is 3. The van der Waals surface area contributed by atoms with E-state index in [9.17, 15) is 4.39 Å². The lowest BCUT2D eigenvalue weighted by atomic mass is 10.0. The molecule has 0 radical (unpaired) electrons. The Bertz CT molecular complexity index is 758. The number of aromatic nitrogens is 1. The molecule has 0 aliphatic carbocycles. The summed E-state index contributed by atoms with van der Waals surface area (Å²) in [4.78, 5) is 12.6. The van der Waals surface area contributed by atoms with Gasteiger partial charge in [0, 0.05) is 37.3 Å². The van der Waals surface area contributed by atoms with Gasteiger partial charge in [-0.2, -0.15) is 0 Å². The minimum Gasteiger partial charge on any atom is -0.379 e. The molecule has 1 aromatic carbocycles. The first-order chi connectivity index (χ1) is 13.7. The lowest BCUT2D eigenvalue weighted by molar-refractivity contribution is 0.0170. The van der Waals surface area contributed by atoms with Crippen molar-refractivity contribution >= 4 is 17.3 Å². The molecule has 0 amide bonds. The first-order valence-electron chi connectivity index (χ1n) is 9.66. The summed E-state index contributed by atoms with van der Waals surface area (Å²) < 4.78 is 18.9. The second-order valence-corrected chi connectivity index (χ2v) is 7.98. The van der Waals surface area contributed by atoms with Crippen molar-refractivity contribution in [3.63, 3.8) is 0 Å². The van der Waals surface area contributed by atoms with Gasteiger partial charge in [0.25, 0.3) is 0 Å². The molecule has 0 spiro atoms. The second-order valence-electron chi connectivity index (χ2n) is 6.66. The van der Waals surface area contributed by atoms with Gasteiger partial charge in [-0.25, -0.2) is 14.4 Å². The first kappa shape index (κ1) is 20.7. The molecule has 3 rings (SSSR count). The van der Waals surface area contributed by atoms with Crippen LogP contribution < -0.4 is 10.6 Å². The number of aliphatic imine (C=N–C) groups is 1. The standard InChI is InChI=1S/C20H28FN5OS/c1-3-22-20(25-14-19-23-12-15(2)28-19)24-13-18(26-8-10-27-11-9-26)16-4-6-17(21)7-5-16/h4-7,12,18H,3,8-11,13-14H2,1-2H3,(H2,22,24,25). The molecule has 0 saturated carbocycles. The minimum atomic E-state index is -0.217. The topological polar surface area (TPSA) is 61.8 Å². The van der Waals surface area contributed by atoms with Crippen molar-refractivity contribution in [1.29, 1.82) is 0 Å². The largest absolute Gasteiger partial charge is 0.379 e. The van der Waals surface area contributed by atoms with Gasteiger partial charge in [0.1, 0.15) is 10.8 Å². The molecule has 2 heterocycles. The second kappa shape index (κ2) is 10.5. The van der Waals surface area contributed by atoms with E-state index in [1.54, 1.807) is 11.3 Å². The molecule has 1 aromatic heterocycles. The molecule has 2 aromatic rings. The van der Waals surface area contributed by atoms with Gasteiger partial charge < -0.3 is 15.4 Å². The van der Waals surface area contributed by atoms with E-state index < -0.39 is 0 Å². The number of hydrogen-bond donors (Lipinski definition) is 2. The predicted octanol–water partition coefficient (Wildman–Crippen LogP) is 2.72. The van der Waals surface area contributed by atoms with Gasteiger partial charge >= 0.3 is 0 Å². The average molecular weight is 406 g/mol. The molecule has 6 nitrogen and oxygen atoms in total. The molecular weight excluding hydrogens is 377 g/mol. The molecule has 28 heavy (non-hydrogen) atoms. The van der Waals surface area contributed by atoms with Crippen LogP contribution in [0.4, 0.5) is 4.39 Å². The summed E-state index contributed by atoms with van der Waals surface area (Å²) in [7, 11) is 0. The van der Waals surface area contributed by atoms with Crippen LogP contribution in [0, 0.1) is 12.7 Å². The minimum absolute atomic E-state index is 0.121. The highest BCUT2D eigenvalue weighted by Crippen LogP contribution is 2.21. The Morgan fingerprint density at radius 1 is 1.29 bits per heavy atom. The van der Waals surface area contributed by atoms with Crippen molar-refractivity contribution in [3.05, 3.63) is 51.7 Å². The fraction of sp³-hybridized carbons (Fsp3) is 0.500. The molecule has 1 fully saturated rings. The van der Waals surface area contributed by atoms with E-state index in [-0.39, 0.29) is 11.9 Å². The normalized spacial score (nSPS) is 16.8. The third kappa shape index (κ3) is 5.98. The van der Waals surface area contributed by atoms with Crippen LogP contribution in [0.25, 0.3) is 0 Å². The maximum atomic E-state index is 13.4. The molecule has 8 heteroatoms. The van der Waals surface area contributed by atoms with E-state index in [4.69, 9.17) is 4.74 Å². The number of morpholine rings is 1. The van der Waals surface area contributed by atoms with Gasteiger partial charge in [0.05, 0.1) is 25.8 Å². The van der Waals surface area contributed by atoms with Gasteiger partial charge in [-0.15, -0.1) is 11.3 Å². The molecule has 1 atom stereocenters. The van der Waals surface area contributed by atoms with Crippen LogP contribution >= 0.6 is 11.3 Å².